The Bertz CT molecular complexity index is 339. The fourth-order valence-corrected chi connectivity index (χ4v) is 2.30. The van der Waals surface area contributed by atoms with Gasteiger partial charge < -0.3 is 20.4 Å². The van der Waals surface area contributed by atoms with Crippen molar-refractivity contribution in [1.29, 1.82) is 0 Å². The Morgan fingerprint density at radius 2 is 1.00 bits per heavy atom. The zero-order chi connectivity index (χ0) is 20.5. The first-order valence-electron chi connectivity index (χ1n) is 10.3. The molecule has 0 unspecified atom stereocenters. The third-order valence-corrected chi connectivity index (χ3v) is 3.24. The molecule has 5 heteroatoms. The van der Waals surface area contributed by atoms with Crippen LogP contribution in [0.15, 0.2) is 23.8 Å². The van der Waals surface area contributed by atoms with Crippen LogP contribution >= 0.6 is 0 Å². The second-order valence-corrected chi connectivity index (χ2v) is 7.82. The molecule has 0 saturated carbocycles. The molecule has 0 atom stereocenters. The van der Waals surface area contributed by atoms with Gasteiger partial charge in [0.2, 0.25) is 0 Å². The molecule has 27 heavy (non-hydrogen) atoms. The van der Waals surface area contributed by atoms with Gasteiger partial charge in [0, 0.05) is 28.2 Å². The first-order valence-corrected chi connectivity index (χ1v) is 10.3. The summed E-state index contributed by atoms with van der Waals surface area (Å²) in [6.07, 6.45) is 11.4. The van der Waals surface area contributed by atoms with E-state index >= 15 is 0 Å². The van der Waals surface area contributed by atoms with Gasteiger partial charge in [-0.2, -0.15) is 0 Å². The van der Waals surface area contributed by atoms with Gasteiger partial charge in [-0.05, 0) is 25.2 Å². The Hall–Kier alpha value is -0.801. The molecule has 0 spiro atoms. The van der Waals surface area contributed by atoms with Crippen LogP contribution < -0.4 is 0 Å². The van der Waals surface area contributed by atoms with Crippen molar-refractivity contribution in [2.24, 2.45) is 0 Å². The van der Waals surface area contributed by atoms with Gasteiger partial charge >= 0.3 is 17.1 Å². The van der Waals surface area contributed by atoms with Crippen molar-refractivity contribution < 1.29 is 17.1 Å². The molecule has 0 aliphatic carbocycles. The molecule has 0 rings (SSSR count). The predicted octanol–water partition coefficient (Wildman–Crippen LogP) is 6.72. The Morgan fingerprint density at radius 1 is 0.704 bits per heavy atom. The Morgan fingerprint density at radius 3 is 1.19 bits per heavy atom. The molecule has 161 valence electrons. The maximum absolute atomic E-state index is 4.57. The van der Waals surface area contributed by atoms with E-state index in [9.17, 15) is 0 Å². The fourth-order valence-electron chi connectivity index (χ4n) is 2.30. The van der Waals surface area contributed by atoms with E-state index in [1.807, 2.05) is 28.2 Å². The van der Waals surface area contributed by atoms with Gasteiger partial charge in [0.15, 0.2) is 0 Å². The largest absolute Gasteiger partial charge is 2.00 e. The number of nitrogens with zero attached hydrogens (tertiary/aromatic N) is 4. The van der Waals surface area contributed by atoms with E-state index in [1.54, 1.807) is 0 Å². The Kier molecular flexibility index (Phi) is 22.8. The van der Waals surface area contributed by atoms with Crippen molar-refractivity contribution in [3.8, 4) is 0 Å². The standard InChI is InChI=1S/2C11H23N2.Mn/c2*1-6-7-8-11(9-13(4)5)12-10(2)3;/h2*9-10H,6-8H2,1-5H3;/q2*-1;+2/b2*11-9+;. The van der Waals surface area contributed by atoms with Crippen LogP contribution in [0.5, 0.6) is 0 Å². The Balaban J connectivity index is -0.000000411. The molecule has 0 amide bonds. The van der Waals surface area contributed by atoms with Gasteiger partial charge in [0.05, 0.1) is 0 Å². The van der Waals surface area contributed by atoms with Gasteiger partial charge in [-0.3, -0.25) is 0 Å². The summed E-state index contributed by atoms with van der Waals surface area (Å²) in [7, 11) is 8.17. The third-order valence-electron chi connectivity index (χ3n) is 3.24. The minimum absolute atomic E-state index is 0. The maximum Gasteiger partial charge on any atom is 2.00 e. The van der Waals surface area contributed by atoms with E-state index in [4.69, 9.17) is 0 Å². The smallest absolute Gasteiger partial charge is 0.684 e. The number of rotatable bonds is 12. The average Bonchev–Trinajstić information content (AvgIpc) is 2.48. The minimum Gasteiger partial charge on any atom is -0.684 e. The number of unbranched alkanes of at least 4 members (excludes halogenated alkanes) is 2. The molecule has 4 nitrogen and oxygen atoms in total. The molecule has 0 heterocycles. The molecule has 0 aromatic rings. The summed E-state index contributed by atoms with van der Waals surface area (Å²) >= 11 is 0. The van der Waals surface area contributed by atoms with Crippen molar-refractivity contribution in [1.82, 2.24) is 9.80 Å². The summed E-state index contributed by atoms with van der Waals surface area (Å²) in [5, 5.41) is 9.15. The van der Waals surface area contributed by atoms with E-state index < -0.39 is 0 Å². The molecule has 0 aliphatic heterocycles. The molecule has 0 aromatic heterocycles. The topological polar surface area (TPSA) is 34.7 Å². The Labute approximate surface area is 181 Å². The van der Waals surface area contributed by atoms with Crippen LogP contribution in [0.25, 0.3) is 10.6 Å². The molecule has 0 fully saturated rings. The normalized spacial score (nSPS) is 11.6. The van der Waals surface area contributed by atoms with Crippen LogP contribution in [0.1, 0.15) is 80.1 Å². The minimum atomic E-state index is 0. The van der Waals surface area contributed by atoms with Gasteiger partial charge in [0.25, 0.3) is 0 Å². The molecule has 0 aromatic carbocycles. The zero-order valence-electron chi connectivity index (χ0n) is 19.7. The molecule has 0 saturated heterocycles. The van der Waals surface area contributed by atoms with Crippen LogP contribution in [0.3, 0.4) is 0 Å². The van der Waals surface area contributed by atoms with Crippen LogP contribution in [0.2, 0.25) is 0 Å². The molecule has 1 radical (unpaired) electrons. The van der Waals surface area contributed by atoms with Gasteiger partial charge in [0.1, 0.15) is 0 Å². The van der Waals surface area contributed by atoms with Crippen molar-refractivity contribution in [3.05, 3.63) is 34.4 Å². The van der Waals surface area contributed by atoms with E-state index in [0.717, 1.165) is 12.8 Å². The quantitative estimate of drug-likeness (QED) is 0.328. The first-order chi connectivity index (χ1) is 12.1. The van der Waals surface area contributed by atoms with Crippen molar-refractivity contribution >= 4 is 0 Å². The van der Waals surface area contributed by atoms with E-state index in [-0.39, 0.29) is 17.1 Å². The van der Waals surface area contributed by atoms with Gasteiger partial charge in [-0.1, -0.05) is 67.2 Å². The molecular formula is C22H46MnN4. The van der Waals surface area contributed by atoms with Crippen LogP contribution in [-0.2, 0) is 17.1 Å². The number of hydrogen-bond donors (Lipinski definition) is 0. The van der Waals surface area contributed by atoms with Crippen LogP contribution in [0, 0.1) is 0 Å². The molecule has 0 bridgehead atoms. The van der Waals surface area contributed by atoms with Crippen molar-refractivity contribution in [2.75, 3.05) is 28.2 Å². The summed E-state index contributed by atoms with van der Waals surface area (Å²) in [5.74, 6) is 0. The second-order valence-electron chi connectivity index (χ2n) is 7.82. The molecular weight excluding hydrogens is 375 g/mol. The summed E-state index contributed by atoms with van der Waals surface area (Å²) in [6.45, 7) is 12.9. The van der Waals surface area contributed by atoms with E-state index in [2.05, 4.69) is 74.4 Å². The third kappa shape index (κ3) is 25.2. The summed E-state index contributed by atoms with van der Waals surface area (Å²) in [5.41, 5.74) is 2.45. The van der Waals surface area contributed by atoms with Crippen molar-refractivity contribution in [3.63, 3.8) is 0 Å². The van der Waals surface area contributed by atoms with Gasteiger partial charge in [-0.25, -0.2) is 0 Å². The number of hydrogen-bond acceptors (Lipinski definition) is 2. The summed E-state index contributed by atoms with van der Waals surface area (Å²) in [6, 6.07) is 0.811. The monoisotopic (exact) mass is 421 g/mol. The van der Waals surface area contributed by atoms with Crippen LogP contribution in [-0.4, -0.2) is 50.1 Å². The summed E-state index contributed by atoms with van der Waals surface area (Å²) in [4.78, 5) is 4.13. The molecule has 0 aliphatic rings. The van der Waals surface area contributed by atoms with Crippen molar-refractivity contribution in [2.45, 2.75) is 92.2 Å². The maximum atomic E-state index is 4.57. The SMILES string of the molecule is CCCC/C(=C\N(C)C)[N-]C(C)C.CCCC/C(=C\N(C)C)[N-]C(C)C.[Mn+2]. The van der Waals surface area contributed by atoms with E-state index in [0.29, 0.717) is 12.1 Å². The van der Waals surface area contributed by atoms with Gasteiger partial charge in [-0.15, -0.1) is 23.5 Å². The molecule has 0 N–H and O–H groups in total. The summed E-state index contributed by atoms with van der Waals surface area (Å²) < 4.78 is 0. The zero-order valence-corrected chi connectivity index (χ0v) is 20.9. The second kappa shape index (κ2) is 19.9. The predicted molar refractivity (Wildman–Crippen MR) is 120 cm³/mol. The average molecular weight is 422 g/mol. The fraction of sp³-hybridized carbons (Fsp3) is 0.818. The van der Waals surface area contributed by atoms with Crippen LogP contribution in [0.4, 0.5) is 0 Å². The van der Waals surface area contributed by atoms with E-state index in [1.165, 1.54) is 37.1 Å². The first kappa shape index (κ1) is 30.9. The number of allylic oxidation sites excluding steroid dienone is 2.